The first kappa shape index (κ1) is 20.3. The summed E-state index contributed by atoms with van der Waals surface area (Å²) in [5.41, 5.74) is 0.444. The quantitative estimate of drug-likeness (QED) is 0.551. The van der Waals surface area contributed by atoms with E-state index >= 15 is 0 Å². The minimum absolute atomic E-state index is 0.0213. The lowest BCUT2D eigenvalue weighted by atomic mass is 9.76. The second-order valence-corrected chi connectivity index (χ2v) is 7.42. The lowest BCUT2D eigenvalue weighted by Gasteiger charge is -2.46. The van der Waals surface area contributed by atoms with Crippen molar-refractivity contribution in [1.82, 2.24) is 9.80 Å². The molecule has 0 saturated carbocycles. The van der Waals surface area contributed by atoms with Gasteiger partial charge in [-0.15, -0.1) is 6.58 Å². The first-order chi connectivity index (χ1) is 13.4. The molecule has 1 unspecified atom stereocenters. The van der Waals surface area contributed by atoms with Crippen LogP contribution in [0.4, 0.5) is 4.39 Å². The number of methoxy groups -OCH3 is 2. The van der Waals surface area contributed by atoms with Gasteiger partial charge in [0, 0.05) is 32.6 Å². The summed E-state index contributed by atoms with van der Waals surface area (Å²) >= 11 is 0. The number of hydrogen-bond acceptors (Lipinski definition) is 5. The number of halogens is 1. The predicted molar refractivity (Wildman–Crippen MR) is 102 cm³/mol. The summed E-state index contributed by atoms with van der Waals surface area (Å²) in [6, 6.07) is 4.87. The van der Waals surface area contributed by atoms with Crippen molar-refractivity contribution in [3.8, 4) is 5.75 Å². The fraction of sp³-hybridized carbons (Fsp3) is 0.524. The zero-order chi connectivity index (χ0) is 20.3. The number of amides is 1. The summed E-state index contributed by atoms with van der Waals surface area (Å²) in [6.45, 7) is 6.31. The van der Waals surface area contributed by atoms with Crippen molar-refractivity contribution < 1.29 is 23.5 Å². The van der Waals surface area contributed by atoms with Gasteiger partial charge in [-0.1, -0.05) is 12.1 Å². The van der Waals surface area contributed by atoms with Gasteiger partial charge in [0.05, 0.1) is 25.7 Å². The number of hydrogen-bond donors (Lipinski definition) is 0. The average molecular weight is 390 g/mol. The standard InChI is InChI=1S/C21H27FN2O4/c1-4-9-24-19(25)13-16(20(26)28-3)21(24)7-10-23(11-8-21)14-15-5-6-17(22)18(12-15)27-2/h4-6,12,16H,1,7-11,13-14H2,2-3H3. The molecule has 0 radical (unpaired) electrons. The van der Waals surface area contributed by atoms with Gasteiger partial charge in [-0.2, -0.15) is 0 Å². The van der Waals surface area contributed by atoms with Crippen LogP contribution in [0.2, 0.25) is 0 Å². The molecule has 1 aromatic rings. The van der Waals surface area contributed by atoms with E-state index < -0.39 is 11.5 Å². The van der Waals surface area contributed by atoms with Gasteiger partial charge in [0.25, 0.3) is 0 Å². The highest BCUT2D eigenvalue weighted by Gasteiger charge is 2.56. The van der Waals surface area contributed by atoms with Crippen LogP contribution in [-0.2, 0) is 20.9 Å². The van der Waals surface area contributed by atoms with Gasteiger partial charge < -0.3 is 14.4 Å². The fourth-order valence-corrected chi connectivity index (χ4v) is 4.55. The minimum Gasteiger partial charge on any atom is -0.494 e. The SMILES string of the molecule is C=CCN1C(=O)CC(C(=O)OC)C12CCN(Cc1ccc(F)c(OC)c1)CC2. The van der Waals surface area contributed by atoms with Crippen molar-refractivity contribution in [2.24, 2.45) is 5.92 Å². The van der Waals surface area contributed by atoms with Crippen molar-refractivity contribution in [3.05, 3.63) is 42.2 Å². The lowest BCUT2D eigenvalue weighted by molar-refractivity contribution is -0.150. The monoisotopic (exact) mass is 390 g/mol. The molecule has 7 heteroatoms. The zero-order valence-electron chi connectivity index (χ0n) is 16.4. The van der Waals surface area contributed by atoms with Crippen molar-refractivity contribution in [2.75, 3.05) is 33.9 Å². The Morgan fingerprint density at radius 2 is 2.07 bits per heavy atom. The van der Waals surface area contributed by atoms with Gasteiger partial charge in [-0.05, 0) is 30.5 Å². The Balaban J connectivity index is 1.74. The van der Waals surface area contributed by atoms with Crippen LogP contribution in [0.1, 0.15) is 24.8 Å². The van der Waals surface area contributed by atoms with E-state index in [-0.39, 0.29) is 29.9 Å². The summed E-state index contributed by atoms with van der Waals surface area (Å²) < 4.78 is 23.7. The Bertz CT molecular complexity index is 759. The first-order valence-corrected chi connectivity index (χ1v) is 9.49. The van der Waals surface area contributed by atoms with Crippen molar-refractivity contribution in [3.63, 3.8) is 0 Å². The van der Waals surface area contributed by atoms with Gasteiger partial charge in [-0.25, -0.2) is 4.39 Å². The molecule has 28 heavy (non-hydrogen) atoms. The van der Waals surface area contributed by atoms with E-state index in [1.54, 1.807) is 23.1 Å². The lowest BCUT2D eigenvalue weighted by Crippen LogP contribution is -2.57. The maximum Gasteiger partial charge on any atom is 0.311 e. The average Bonchev–Trinajstić information content (AvgIpc) is 2.97. The molecule has 0 aromatic heterocycles. The predicted octanol–water partition coefficient (Wildman–Crippen LogP) is 2.38. The summed E-state index contributed by atoms with van der Waals surface area (Å²) in [5, 5.41) is 0. The normalized spacial score (nSPS) is 21.8. The molecule has 2 heterocycles. The number of benzene rings is 1. The zero-order valence-corrected chi connectivity index (χ0v) is 16.4. The number of nitrogens with zero attached hydrogens (tertiary/aromatic N) is 2. The van der Waals surface area contributed by atoms with Gasteiger partial charge >= 0.3 is 5.97 Å². The number of esters is 1. The third-order valence-corrected chi connectivity index (χ3v) is 6.01. The van der Waals surface area contributed by atoms with Crippen LogP contribution in [0.5, 0.6) is 5.75 Å². The topological polar surface area (TPSA) is 59.1 Å². The smallest absolute Gasteiger partial charge is 0.311 e. The van der Waals surface area contributed by atoms with Crippen LogP contribution < -0.4 is 4.74 Å². The Hall–Kier alpha value is -2.41. The van der Waals surface area contributed by atoms with E-state index in [0.717, 1.165) is 18.7 Å². The molecular weight excluding hydrogens is 363 g/mol. The number of carbonyl (C=O) groups excluding carboxylic acids is 2. The second-order valence-electron chi connectivity index (χ2n) is 7.42. The maximum absolute atomic E-state index is 13.6. The second kappa shape index (κ2) is 8.31. The highest BCUT2D eigenvalue weighted by molar-refractivity contribution is 5.89. The highest BCUT2D eigenvalue weighted by atomic mass is 19.1. The molecule has 1 atom stereocenters. The molecule has 0 aliphatic carbocycles. The summed E-state index contributed by atoms with van der Waals surface area (Å²) in [7, 11) is 2.82. The largest absolute Gasteiger partial charge is 0.494 e. The molecule has 1 aromatic carbocycles. The molecule has 0 bridgehead atoms. The summed E-state index contributed by atoms with van der Waals surface area (Å²) in [6.07, 6.45) is 3.27. The van der Waals surface area contributed by atoms with Crippen molar-refractivity contribution in [1.29, 1.82) is 0 Å². The van der Waals surface area contributed by atoms with Crippen LogP contribution in [0.25, 0.3) is 0 Å². The molecule has 152 valence electrons. The molecule has 2 fully saturated rings. The molecule has 2 aliphatic rings. The van der Waals surface area contributed by atoms with Crippen LogP contribution in [0, 0.1) is 11.7 Å². The molecule has 3 rings (SSSR count). The van der Waals surface area contributed by atoms with E-state index in [1.807, 2.05) is 0 Å². The van der Waals surface area contributed by atoms with Gasteiger partial charge in [0.1, 0.15) is 0 Å². The summed E-state index contributed by atoms with van der Waals surface area (Å²) in [5.74, 6) is -0.939. The molecule has 1 amide bonds. The molecule has 2 saturated heterocycles. The van der Waals surface area contributed by atoms with Crippen LogP contribution in [0.15, 0.2) is 30.9 Å². The van der Waals surface area contributed by atoms with Gasteiger partial charge in [0.2, 0.25) is 5.91 Å². The van der Waals surface area contributed by atoms with Crippen molar-refractivity contribution >= 4 is 11.9 Å². The third-order valence-electron chi connectivity index (χ3n) is 6.01. The Morgan fingerprint density at radius 1 is 1.36 bits per heavy atom. The Kier molecular flexibility index (Phi) is 6.03. The summed E-state index contributed by atoms with van der Waals surface area (Å²) in [4.78, 5) is 29.0. The number of piperidine rings is 1. The van der Waals surface area contributed by atoms with E-state index in [4.69, 9.17) is 9.47 Å². The molecule has 0 N–H and O–H groups in total. The van der Waals surface area contributed by atoms with Gasteiger partial charge in [-0.3, -0.25) is 14.5 Å². The van der Waals surface area contributed by atoms with E-state index in [0.29, 0.717) is 25.9 Å². The van der Waals surface area contributed by atoms with E-state index in [9.17, 15) is 14.0 Å². The number of carbonyl (C=O) groups is 2. The first-order valence-electron chi connectivity index (χ1n) is 9.49. The van der Waals surface area contributed by atoms with Crippen LogP contribution in [-0.4, -0.2) is 61.1 Å². The molecular formula is C21H27FN2O4. The molecule has 1 spiro atoms. The van der Waals surface area contributed by atoms with Crippen LogP contribution >= 0.6 is 0 Å². The van der Waals surface area contributed by atoms with Crippen molar-refractivity contribution in [2.45, 2.75) is 31.3 Å². The number of likely N-dealkylation sites (tertiary alicyclic amines) is 2. The van der Waals surface area contributed by atoms with Crippen LogP contribution in [0.3, 0.4) is 0 Å². The Labute approximate surface area is 164 Å². The van der Waals surface area contributed by atoms with E-state index in [1.165, 1.54) is 20.3 Å². The molecule has 6 nitrogen and oxygen atoms in total. The molecule has 2 aliphatic heterocycles. The maximum atomic E-state index is 13.6. The minimum atomic E-state index is -0.518. The number of ether oxygens (including phenoxy) is 2. The Morgan fingerprint density at radius 3 is 2.68 bits per heavy atom. The fourth-order valence-electron chi connectivity index (χ4n) is 4.55. The highest BCUT2D eigenvalue weighted by Crippen LogP contribution is 2.44. The van der Waals surface area contributed by atoms with Gasteiger partial charge in [0.15, 0.2) is 11.6 Å². The van der Waals surface area contributed by atoms with E-state index in [2.05, 4.69) is 11.5 Å². The third kappa shape index (κ3) is 3.63. The number of rotatable bonds is 6.